The van der Waals surface area contributed by atoms with E-state index in [9.17, 15) is 9.18 Å². The van der Waals surface area contributed by atoms with E-state index in [1.807, 2.05) is 0 Å². The van der Waals surface area contributed by atoms with Crippen LogP contribution in [-0.2, 0) is 0 Å². The summed E-state index contributed by atoms with van der Waals surface area (Å²) < 4.78 is 13.5. The first-order valence-electron chi connectivity index (χ1n) is 3.82. The third-order valence-corrected chi connectivity index (χ3v) is 3.78. The van der Waals surface area contributed by atoms with Crippen LogP contribution in [0.5, 0.6) is 0 Å². The minimum absolute atomic E-state index is 0.0621. The summed E-state index contributed by atoms with van der Waals surface area (Å²) in [5.74, 6) is -0.124. The Labute approximate surface area is 77.7 Å². The molecule has 1 amide bonds. The van der Waals surface area contributed by atoms with Crippen molar-refractivity contribution in [1.29, 1.82) is 0 Å². The second kappa shape index (κ2) is 2.34. The standard InChI is InChI=1S/C7H9BrFNO2/c8-3-7(9)4-1-10(6(11)12)2-5(4)7/h4-5H,1-3H2,(H,11,12). The van der Waals surface area contributed by atoms with Gasteiger partial charge in [0.2, 0.25) is 0 Å². The lowest BCUT2D eigenvalue weighted by Crippen LogP contribution is -2.33. The van der Waals surface area contributed by atoms with E-state index in [1.54, 1.807) is 0 Å². The molecule has 0 bridgehead atoms. The number of carbonyl (C=O) groups is 1. The second-order valence-electron chi connectivity index (χ2n) is 3.46. The lowest BCUT2D eigenvalue weighted by atomic mass is 10.3. The number of nitrogens with zero attached hydrogens (tertiary/aromatic N) is 1. The fourth-order valence-electron chi connectivity index (χ4n) is 2.03. The van der Waals surface area contributed by atoms with E-state index < -0.39 is 11.8 Å². The summed E-state index contributed by atoms with van der Waals surface area (Å²) in [5.41, 5.74) is -1.12. The maximum Gasteiger partial charge on any atom is 0.407 e. The molecule has 2 aliphatic rings. The van der Waals surface area contributed by atoms with Crippen molar-refractivity contribution in [2.45, 2.75) is 5.67 Å². The van der Waals surface area contributed by atoms with Crippen LogP contribution in [-0.4, -0.2) is 40.2 Å². The molecule has 1 heterocycles. The Morgan fingerprint density at radius 3 is 2.50 bits per heavy atom. The smallest absolute Gasteiger partial charge is 0.407 e. The topological polar surface area (TPSA) is 40.5 Å². The normalized spacial score (nSPS) is 44.3. The number of hydrogen-bond donors (Lipinski definition) is 1. The fourth-order valence-corrected chi connectivity index (χ4v) is 2.86. The zero-order valence-corrected chi connectivity index (χ0v) is 7.92. The number of piperidine rings is 1. The van der Waals surface area contributed by atoms with Crippen LogP contribution in [0.15, 0.2) is 0 Å². The highest BCUT2D eigenvalue weighted by Crippen LogP contribution is 2.58. The summed E-state index contributed by atoms with van der Waals surface area (Å²) in [6.45, 7) is 0.726. The van der Waals surface area contributed by atoms with Crippen LogP contribution in [0.1, 0.15) is 0 Å². The van der Waals surface area contributed by atoms with Crippen molar-refractivity contribution < 1.29 is 14.3 Å². The van der Waals surface area contributed by atoms with Gasteiger partial charge in [0.25, 0.3) is 0 Å². The summed E-state index contributed by atoms with van der Waals surface area (Å²) in [7, 11) is 0. The second-order valence-corrected chi connectivity index (χ2v) is 4.02. The summed E-state index contributed by atoms with van der Waals surface area (Å²) in [4.78, 5) is 11.7. The van der Waals surface area contributed by atoms with Crippen LogP contribution in [0.25, 0.3) is 0 Å². The van der Waals surface area contributed by atoms with Crippen LogP contribution in [0.3, 0.4) is 0 Å². The van der Waals surface area contributed by atoms with Crippen LogP contribution < -0.4 is 0 Å². The Balaban J connectivity index is 1.98. The van der Waals surface area contributed by atoms with Crippen molar-refractivity contribution in [2.75, 3.05) is 18.4 Å². The molecule has 0 aromatic heterocycles. The van der Waals surface area contributed by atoms with E-state index in [4.69, 9.17) is 5.11 Å². The Morgan fingerprint density at radius 2 is 2.17 bits per heavy atom. The molecule has 2 rings (SSSR count). The molecule has 0 aromatic rings. The van der Waals surface area contributed by atoms with Gasteiger partial charge < -0.3 is 10.0 Å². The van der Waals surface area contributed by atoms with Gasteiger partial charge in [-0.1, -0.05) is 15.9 Å². The molecule has 2 fully saturated rings. The summed E-state index contributed by atoms with van der Waals surface area (Å²) in [6.07, 6.45) is -0.931. The molecule has 0 spiro atoms. The molecule has 2 atom stereocenters. The summed E-state index contributed by atoms with van der Waals surface area (Å²) in [6, 6.07) is 0. The lowest BCUT2D eigenvalue weighted by Gasteiger charge is -2.17. The van der Waals surface area contributed by atoms with Crippen LogP contribution in [0.4, 0.5) is 9.18 Å². The van der Waals surface area contributed by atoms with E-state index in [-0.39, 0.29) is 11.8 Å². The molecular formula is C7H9BrFNO2. The average molecular weight is 238 g/mol. The fraction of sp³-hybridized carbons (Fsp3) is 0.857. The first-order valence-corrected chi connectivity index (χ1v) is 4.94. The molecule has 1 aliphatic carbocycles. The third-order valence-electron chi connectivity index (χ3n) is 2.92. The number of rotatable bonds is 1. The predicted molar refractivity (Wildman–Crippen MR) is 44.2 cm³/mol. The molecule has 0 radical (unpaired) electrons. The van der Waals surface area contributed by atoms with Crippen LogP contribution in [0.2, 0.25) is 0 Å². The lowest BCUT2D eigenvalue weighted by molar-refractivity contribution is 0.138. The Bertz CT molecular complexity index is 223. The molecule has 1 saturated carbocycles. The molecule has 5 heteroatoms. The molecule has 12 heavy (non-hydrogen) atoms. The highest BCUT2D eigenvalue weighted by Gasteiger charge is 2.69. The molecule has 3 nitrogen and oxygen atoms in total. The molecular weight excluding hydrogens is 229 g/mol. The number of amides is 1. The van der Waals surface area contributed by atoms with E-state index in [0.717, 1.165) is 0 Å². The third kappa shape index (κ3) is 0.887. The van der Waals surface area contributed by atoms with Crippen molar-refractivity contribution in [3.63, 3.8) is 0 Å². The SMILES string of the molecule is O=C(O)N1CC2C(C1)C2(F)CBr. The molecule has 2 unspecified atom stereocenters. The maximum absolute atomic E-state index is 13.5. The van der Waals surface area contributed by atoms with Gasteiger partial charge in [0, 0.05) is 30.3 Å². The number of fused-ring (bicyclic) bond motifs is 1. The highest BCUT2D eigenvalue weighted by molar-refractivity contribution is 9.09. The van der Waals surface area contributed by atoms with Gasteiger partial charge in [-0.15, -0.1) is 0 Å². The van der Waals surface area contributed by atoms with Crippen molar-refractivity contribution >= 4 is 22.0 Å². The monoisotopic (exact) mass is 237 g/mol. The molecule has 68 valence electrons. The quantitative estimate of drug-likeness (QED) is 0.700. The number of halogens is 2. The molecule has 1 aliphatic heterocycles. The van der Waals surface area contributed by atoms with E-state index in [0.29, 0.717) is 18.4 Å². The van der Waals surface area contributed by atoms with Crippen LogP contribution in [0, 0.1) is 11.8 Å². The van der Waals surface area contributed by atoms with Crippen molar-refractivity contribution in [1.82, 2.24) is 4.90 Å². The van der Waals surface area contributed by atoms with Gasteiger partial charge in [0.05, 0.1) is 0 Å². The molecule has 0 aromatic carbocycles. The Hall–Kier alpha value is -0.320. The predicted octanol–water partition coefficient (Wildman–Crippen LogP) is 1.33. The van der Waals surface area contributed by atoms with Gasteiger partial charge in [-0.05, 0) is 0 Å². The Morgan fingerprint density at radius 1 is 1.67 bits per heavy atom. The van der Waals surface area contributed by atoms with Crippen molar-refractivity contribution in [3.8, 4) is 0 Å². The summed E-state index contributed by atoms with van der Waals surface area (Å²) in [5, 5.41) is 8.92. The average Bonchev–Trinajstić information content (AvgIpc) is 2.51. The number of hydrogen-bond acceptors (Lipinski definition) is 1. The zero-order chi connectivity index (χ0) is 8.93. The first-order chi connectivity index (χ1) is 5.59. The number of alkyl halides is 2. The van der Waals surface area contributed by atoms with Gasteiger partial charge in [-0.25, -0.2) is 9.18 Å². The molecule has 1 N–H and O–H groups in total. The van der Waals surface area contributed by atoms with Crippen molar-refractivity contribution in [2.24, 2.45) is 11.8 Å². The van der Waals surface area contributed by atoms with Gasteiger partial charge in [-0.3, -0.25) is 0 Å². The Kier molecular flexibility index (Phi) is 1.62. The first kappa shape index (κ1) is 8.29. The zero-order valence-electron chi connectivity index (χ0n) is 6.33. The van der Waals surface area contributed by atoms with Crippen LogP contribution >= 0.6 is 15.9 Å². The minimum Gasteiger partial charge on any atom is -0.465 e. The van der Waals surface area contributed by atoms with Gasteiger partial charge in [0.1, 0.15) is 5.67 Å². The van der Waals surface area contributed by atoms with Crippen molar-refractivity contribution in [3.05, 3.63) is 0 Å². The minimum atomic E-state index is -1.12. The summed E-state index contributed by atoms with van der Waals surface area (Å²) >= 11 is 3.10. The highest BCUT2D eigenvalue weighted by atomic mass is 79.9. The maximum atomic E-state index is 13.5. The number of carboxylic acid groups (broad SMARTS) is 1. The van der Waals surface area contributed by atoms with E-state index in [1.165, 1.54) is 4.90 Å². The number of likely N-dealkylation sites (tertiary alicyclic amines) is 1. The van der Waals surface area contributed by atoms with Gasteiger partial charge >= 0.3 is 6.09 Å². The van der Waals surface area contributed by atoms with Gasteiger partial charge in [-0.2, -0.15) is 0 Å². The van der Waals surface area contributed by atoms with Gasteiger partial charge in [0.15, 0.2) is 0 Å². The molecule has 1 saturated heterocycles. The van der Waals surface area contributed by atoms with E-state index >= 15 is 0 Å². The largest absolute Gasteiger partial charge is 0.465 e. The van der Waals surface area contributed by atoms with E-state index in [2.05, 4.69) is 15.9 Å².